The molecule has 0 aromatic heterocycles. The average Bonchev–Trinajstić information content (AvgIpc) is 2.21. The van der Waals surface area contributed by atoms with Crippen molar-refractivity contribution in [3.05, 3.63) is 23.8 Å². The van der Waals surface area contributed by atoms with E-state index in [1.165, 1.54) is 5.56 Å². The molecule has 0 amide bonds. The summed E-state index contributed by atoms with van der Waals surface area (Å²) in [6.45, 7) is 3.50. The Labute approximate surface area is 84.8 Å². The van der Waals surface area contributed by atoms with E-state index in [0.717, 1.165) is 24.5 Å². The van der Waals surface area contributed by atoms with Gasteiger partial charge in [0.2, 0.25) is 0 Å². The number of rotatable bonds is 5. The Bertz CT molecular complexity index is 287. The molecule has 0 saturated carbocycles. The second-order valence-electron chi connectivity index (χ2n) is 2.99. The lowest BCUT2D eigenvalue weighted by Crippen LogP contribution is -2.51. The van der Waals surface area contributed by atoms with Crippen LogP contribution in [0, 0.1) is 0 Å². The molecule has 0 radical (unpaired) electrons. The van der Waals surface area contributed by atoms with Crippen LogP contribution in [-0.2, 0) is 6.42 Å². The molecule has 0 heterocycles. The molecule has 0 unspecified atom stereocenters. The fourth-order valence-corrected chi connectivity index (χ4v) is 1.42. The fourth-order valence-electron chi connectivity index (χ4n) is 1.42. The number of benzene rings is 1. The summed E-state index contributed by atoms with van der Waals surface area (Å²) in [7, 11) is 1.66. The van der Waals surface area contributed by atoms with Gasteiger partial charge in [-0.25, -0.2) is 0 Å². The molecule has 1 rings (SSSR count). The Balaban J connectivity index is 3.00. The SMILES string of the molecule is CCOc1c(CC[NH3+])cccc1OC. The predicted octanol–water partition coefficient (Wildman–Crippen LogP) is 0.878. The highest BCUT2D eigenvalue weighted by Gasteiger charge is 2.09. The van der Waals surface area contributed by atoms with E-state index in [0.29, 0.717) is 6.61 Å². The molecule has 0 bridgehead atoms. The Morgan fingerprint density at radius 2 is 2.14 bits per heavy atom. The van der Waals surface area contributed by atoms with Gasteiger partial charge in [-0.2, -0.15) is 0 Å². The molecule has 3 heteroatoms. The van der Waals surface area contributed by atoms with Crippen molar-refractivity contribution < 1.29 is 15.2 Å². The van der Waals surface area contributed by atoms with Crippen LogP contribution in [0.2, 0.25) is 0 Å². The number of quaternary nitrogens is 1. The van der Waals surface area contributed by atoms with Crippen molar-refractivity contribution in [3.63, 3.8) is 0 Å². The van der Waals surface area contributed by atoms with Gasteiger partial charge in [0, 0.05) is 12.0 Å². The van der Waals surface area contributed by atoms with Crippen molar-refractivity contribution in [2.75, 3.05) is 20.3 Å². The molecule has 78 valence electrons. The number of methoxy groups -OCH3 is 1. The smallest absolute Gasteiger partial charge is 0.164 e. The topological polar surface area (TPSA) is 46.1 Å². The van der Waals surface area contributed by atoms with Crippen LogP contribution in [-0.4, -0.2) is 20.3 Å². The monoisotopic (exact) mass is 196 g/mol. The lowest BCUT2D eigenvalue weighted by molar-refractivity contribution is -0.366. The summed E-state index contributed by atoms with van der Waals surface area (Å²) in [6, 6.07) is 5.95. The van der Waals surface area contributed by atoms with E-state index in [9.17, 15) is 0 Å². The highest BCUT2D eigenvalue weighted by atomic mass is 16.5. The van der Waals surface area contributed by atoms with Crippen LogP contribution in [0.1, 0.15) is 12.5 Å². The van der Waals surface area contributed by atoms with Gasteiger partial charge < -0.3 is 15.2 Å². The maximum atomic E-state index is 5.56. The first-order chi connectivity index (χ1) is 6.83. The zero-order valence-electron chi connectivity index (χ0n) is 8.88. The van der Waals surface area contributed by atoms with Gasteiger partial charge in [0.05, 0.1) is 20.3 Å². The maximum absolute atomic E-state index is 5.56. The van der Waals surface area contributed by atoms with Crippen LogP contribution in [0.3, 0.4) is 0 Å². The minimum Gasteiger partial charge on any atom is -0.493 e. The molecule has 1 aromatic rings. The van der Waals surface area contributed by atoms with E-state index in [1.807, 2.05) is 19.1 Å². The van der Waals surface area contributed by atoms with Gasteiger partial charge >= 0.3 is 0 Å². The molecule has 1 aromatic carbocycles. The van der Waals surface area contributed by atoms with E-state index in [-0.39, 0.29) is 0 Å². The largest absolute Gasteiger partial charge is 0.493 e. The quantitative estimate of drug-likeness (QED) is 0.759. The molecular formula is C11H18NO2+. The fraction of sp³-hybridized carbons (Fsp3) is 0.455. The minimum absolute atomic E-state index is 0.657. The first-order valence-corrected chi connectivity index (χ1v) is 4.91. The van der Waals surface area contributed by atoms with Gasteiger partial charge in [-0.05, 0) is 13.0 Å². The van der Waals surface area contributed by atoms with Crippen molar-refractivity contribution in [2.45, 2.75) is 13.3 Å². The van der Waals surface area contributed by atoms with Gasteiger partial charge in [0.15, 0.2) is 11.5 Å². The third-order valence-corrected chi connectivity index (χ3v) is 2.02. The van der Waals surface area contributed by atoms with Crippen LogP contribution >= 0.6 is 0 Å². The summed E-state index contributed by atoms with van der Waals surface area (Å²) in [6.07, 6.45) is 0.923. The van der Waals surface area contributed by atoms with Crippen molar-refractivity contribution in [1.82, 2.24) is 0 Å². The molecule has 0 aliphatic carbocycles. The van der Waals surface area contributed by atoms with Crippen LogP contribution in [0.5, 0.6) is 11.5 Å². The summed E-state index contributed by atoms with van der Waals surface area (Å²) in [5.41, 5.74) is 5.01. The first kappa shape index (κ1) is 10.9. The summed E-state index contributed by atoms with van der Waals surface area (Å²) >= 11 is 0. The van der Waals surface area contributed by atoms with Gasteiger partial charge in [-0.15, -0.1) is 0 Å². The van der Waals surface area contributed by atoms with Crippen molar-refractivity contribution in [1.29, 1.82) is 0 Å². The maximum Gasteiger partial charge on any atom is 0.164 e. The molecule has 0 atom stereocenters. The van der Waals surface area contributed by atoms with Crippen LogP contribution in [0.25, 0.3) is 0 Å². The van der Waals surface area contributed by atoms with Gasteiger partial charge in [0.25, 0.3) is 0 Å². The Morgan fingerprint density at radius 1 is 1.36 bits per heavy atom. The zero-order valence-corrected chi connectivity index (χ0v) is 8.88. The number of hydrogen-bond donors (Lipinski definition) is 1. The zero-order chi connectivity index (χ0) is 10.4. The number of para-hydroxylation sites is 1. The Hall–Kier alpha value is -1.22. The van der Waals surface area contributed by atoms with Crippen molar-refractivity contribution in [2.24, 2.45) is 0 Å². The molecule has 3 nitrogen and oxygen atoms in total. The highest BCUT2D eigenvalue weighted by molar-refractivity contribution is 5.46. The van der Waals surface area contributed by atoms with Crippen LogP contribution < -0.4 is 15.2 Å². The average molecular weight is 196 g/mol. The van der Waals surface area contributed by atoms with Crippen molar-refractivity contribution >= 4 is 0 Å². The predicted molar refractivity (Wildman–Crippen MR) is 55.6 cm³/mol. The van der Waals surface area contributed by atoms with Crippen molar-refractivity contribution in [3.8, 4) is 11.5 Å². The lowest BCUT2D eigenvalue weighted by Gasteiger charge is -2.12. The number of hydrogen-bond acceptors (Lipinski definition) is 2. The summed E-state index contributed by atoms with van der Waals surface area (Å²) in [4.78, 5) is 0. The second-order valence-corrected chi connectivity index (χ2v) is 2.99. The van der Waals surface area contributed by atoms with E-state index in [4.69, 9.17) is 9.47 Å². The Morgan fingerprint density at radius 3 is 2.71 bits per heavy atom. The third-order valence-electron chi connectivity index (χ3n) is 2.02. The standard InChI is InChI=1S/C11H17NO2/c1-3-14-11-9(7-8-12)5-4-6-10(11)13-2/h4-6H,3,7-8,12H2,1-2H3/p+1. The molecule has 0 saturated heterocycles. The van der Waals surface area contributed by atoms with Gasteiger partial charge in [-0.1, -0.05) is 12.1 Å². The summed E-state index contributed by atoms with van der Waals surface area (Å²) in [5, 5.41) is 0. The molecule has 0 aliphatic rings. The van der Waals surface area contributed by atoms with E-state index in [1.54, 1.807) is 7.11 Å². The van der Waals surface area contributed by atoms with E-state index < -0.39 is 0 Å². The Kier molecular flexibility index (Phi) is 4.26. The molecular weight excluding hydrogens is 178 g/mol. The van der Waals surface area contributed by atoms with Crippen LogP contribution in [0.4, 0.5) is 0 Å². The third kappa shape index (κ3) is 2.39. The van der Waals surface area contributed by atoms with E-state index in [2.05, 4.69) is 11.8 Å². The molecule has 3 N–H and O–H groups in total. The molecule has 0 spiro atoms. The normalized spacial score (nSPS) is 9.93. The lowest BCUT2D eigenvalue weighted by atomic mass is 10.1. The van der Waals surface area contributed by atoms with Crippen LogP contribution in [0.15, 0.2) is 18.2 Å². The van der Waals surface area contributed by atoms with Gasteiger partial charge in [0.1, 0.15) is 0 Å². The summed E-state index contributed by atoms with van der Waals surface area (Å²) in [5.74, 6) is 1.67. The van der Waals surface area contributed by atoms with E-state index >= 15 is 0 Å². The molecule has 14 heavy (non-hydrogen) atoms. The molecule has 0 fully saturated rings. The first-order valence-electron chi connectivity index (χ1n) is 4.91. The number of ether oxygens (including phenoxy) is 2. The highest BCUT2D eigenvalue weighted by Crippen LogP contribution is 2.30. The summed E-state index contributed by atoms with van der Waals surface area (Å²) < 4.78 is 10.8. The van der Waals surface area contributed by atoms with Gasteiger partial charge in [-0.3, -0.25) is 0 Å². The second kappa shape index (κ2) is 5.50. The molecule has 0 aliphatic heterocycles. The minimum atomic E-state index is 0.657.